The highest BCUT2D eigenvalue weighted by atomic mass is 15.6. The highest BCUT2D eigenvalue weighted by Gasteiger charge is 2.33. The third-order valence-corrected chi connectivity index (χ3v) is 4.60. The Kier molecular flexibility index (Phi) is 2.87. The molecule has 1 atom stereocenters. The number of allylic oxidation sites excluding steroid dienone is 2. The van der Waals surface area contributed by atoms with Gasteiger partial charge in [0.2, 0.25) is 0 Å². The van der Waals surface area contributed by atoms with Crippen LogP contribution in [0.1, 0.15) is 5.56 Å². The summed E-state index contributed by atoms with van der Waals surface area (Å²) in [6, 6.07) is 14.4. The lowest BCUT2D eigenvalue weighted by atomic mass is 10.1. The van der Waals surface area contributed by atoms with Gasteiger partial charge in [0.15, 0.2) is 5.70 Å². The third kappa shape index (κ3) is 2.25. The van der Waals surface area contributed by atoms with Crippen LogP contribution in [-0.2, 0) is 0 Å². The van der Waals surface area contributed by atoms with E-state index < -0.39 is 0 Å². The summed E-state index contributed by atoms with van der Waals surface area (Å²) in [4.78, 5) is 8.97. The molecule has 3 aromatic rings. The Bertz CT molecular complexity index is 1100. The molecule has 0 saturated carbocycles. The normalized spacial score (nSPS) is 21.3. The predicted octanol–water partition coefficient (Wildman–Crippen LogP) is 3.61. The van der Waals surface area contributed by atoms with Crippen molar-refractivity contribution in [3.8, 4) is 11.3 Å². The fourth-order valence-corrected chi connectivity index (χ4v) is 3.17. The maximum absolute atomic E-state index is 4.83. The molecule has 4 heterocycles. The van der Waals surface area contributed by atoms with Crippen molar-refractivity contribution < 1.29 is 4.59 Å². The van der Waals surface area contributed by atoms with E-state index in [1.54, 1.807) is 6.20 Å². The fourth-order valence-electron chi connectivity index (χ4n) is 3.17. The van der Waals surface area contributed by atoms with Crippen LogP contribution in [0.15, 0.2) is 89.1 Å². The smallest absolute Gasteiger partial charge is 0.184 e. The second kappa shape index (κ2) is 5.09. The van der Waals surface area contributed by atoms with Gasteiger partial charge >= 0.3 is 0 Å². The van der Waals surface area contributed by atoms with Gasteiger partial charge in [-0.1, -0.05) is 35.4 Å². The maximum atomic E-state index is 4.83. The van der Waals surface area contributed by atoms with Gasteiger partial charge in [-0.05, 0) is 12.1 Å². The number of rotatable bonds is 2. The van der Waals surface area contributed by atoms with Crippen molar-refractivity contribution in [1.29, 1.82) is 0 Å². The van der Waals surface area contributed by atoms with E-state index in [-0.39, 0.29) is 0 Å². The van der Waals surface area contributed by atoms with Gasteiger partial charge in [-0.15, -0.1) is 4.59 Å². The highest BCUT2D eigenvalue weighted by Crippen LogP contribution is 2.27. The zero-order valence-corrected chi connectivity index (χ0v) is 13.7. The lowest BCUT2D eigenvalue weighted by Gasteiger charge is -2.20. The topological polar surface area (TPSA) is 42.0 Å². The molecule has 0 aliphatic carbocycles. The van der Waals surface area contributed by atoms with Gasteiger partial charge in [0.05, 0.1) is 18.1 Å². The van der Waals surface area contributed by atoms with Crippen molar-refractivity contribution in [1.82, 2.24) is 9.38 Å². The van der Waals surface area contributed by atoms with Crippen LogP contribution in [0.2, 0.25) is 0 Å². The Hall–Kier alpha value is -3.31. The first-order valence-electron chi connectivity index (χ1n) is 8.15. The van der Waals surface area contributed by atoms with Gasteiger partial charge in [-0.25, -0.2) is 4.98 Å². The molecule has 0 bridgehead atoms. The number of aliphatic imine (C=N–C) groups is 1. The summed E-state index contributed by atoms with van der Waals surface area (Å²) in [6.45, 7) is 0. The summed E-state index contributed by atoms with van der Waals surface area (Å²) in [7, 11) is 2.04. The fraction of sp³-hybridized carbons (Fsp3) is 0.0500. The number of aromatic nitrogens is 2. The van der Waals surface area contributed by atoms with Crippen molar-refractivity contribution >= 4 is 17.6 Å². The van der Waals surface area contributed by atoms with Crippen molar-refractivity contribution in [3.05, 3.63) is 84.6 Å². The summed E-state index contributed by atoms with van der Waals surface area (Å²) in [5.74, 6) is 0. The van der Waals surface area contributed by atoms with Gasteiger partial charge < -0.3 is 4.40 Å². The lowest BCUT2D eigenvalue weighted by molar-refractivity contribution is -0.819. The molecule has 0 N–H and O–H groups in total. The van der Waals surface area contributed by atoms with E-state index in [1.165, 1.54) is 0 Å². The zero-order chi connectivity index (χ0) is 16.9. The van der Waals surface area contributed by atoms with Crippen LogP contribution in [-0.4, -0.2) is 33.0 Å². The molecule has 120 valence electrons. The number of pyridine rings is 1. The molecule has 0 spiro atoms. The third-order valence-electron chi connectivity index (χ3n) is 4.60. The second-order valence-electron chi connectivity index (χ2n) is 6.33. The van der Waals surface area contributed by atoms with E-state index in [9.17, 15) is 0 Å². The molecule has 0 radical (unpaired) electrons. The Balaban J connectivity index is 1.58. The number of quaternary nitrogens is 1. The minimum Gasteiger partial charge on any atom is -0.306 e. The largest absolute Gasteiger partial charge is 0.306 e. The average molecular weight is 326 g/mol. The first-order valence-corrected chi connectivity index (χ1v) is 8.15. The molecule has 25 heavy (non-hydrogen) atoms. The van der Waals surface area contributed by atoms with Gasteiger partial charge in [-0.3, -0.25) is 4.99 Å². The van der Waals surface area contributed by atoms with Crippen LogP contribution in [0.4, 0.5) is 0 Å². The lowest BCUT2D eigenvalue weighted by Crippen LogP contribution is -2.30. The molecule has 0 amide bonds. The molecule has 2 aliphatic heterocycles. The molecule has 5 nitrogen and oxygen atoms in total. The number of nitrogens with zero attached hydrogens (tertiary/aromatic N) is 5. The summed E-state index contributed by atoms with van der Waals surface area (Å²) in [6.07, 6.45) is 11.8. The van der Waals surface area contributed by atoms with Crippen LogP contribution < -0.4 is 0 Å². The van der Waals surface area contributed by atoms with Crippen molar-refractivity contribution in [2.24, 2.45) is 10.1 Å². The maximum Gasteiger partial charge on any atom is 0.184 e. The van der Waals surface area contributed by atoms with Gasteiger partial charge in [0.25, 0.3) is 0 Å². The zero-order valence-electron chi connectivity index (χ0n) is 13.7. The monoisotopic (exact) mass is 326 g/mol. The van der Waals surface area contributed by atoms with Crippen molar-refractivity contribution in [2.75, 3.05) is 7.05 Å². The SMILES string of the molecule is C[N+]12C=CN=CC1=CC(c1ccn3cc(-c4ccccc4)nc3c1)=N2. The minimum absolute atomic E-state index is 0.410. The number of hydrogen-bond acceptors (Lipinski definition) is 3. The predicted molar refractivity (Wildman–Crippen MR) is 99.1 cm³/mol. The minimum atomic E-state index is 0.410. The molecule has 1 aromatic carbocycles. The van der Waals surface area contributed by atoms with Crippen LogP contribution in [0.25, 0.3) is 16.9 Å². The number of imidazole rings is 1. The van der Waals surface area contributed by atoms with Gasteiger partial charge in [0, 0.05) is 29.6 Å². The van der Waals surface area contributed by atoms with Crippen molar-refractivity contribution in [3.63, 3.8) is 0 Å². The van der Waals surface area contributed by atoms with E-state index in [1.807, 2.05) is 48.3 Å². The quantitative estimate of drug-likeness (QED) is 0.663. The second-order valence-corrected chi connectivity index (χ2v) is 6.33. The summed E-state index contributed by atoms with van der Waals surface area (Å²) < 4.78 is 2.45. The summed E-state index contributed by atoms with van der Waals surface area (Å²) >= 11 is 0. The first-order chi connectivity index (χ1) is 12.2. The summed E-state index contributed by atoms with van der Waals surface area (Å²) in [5.41, 5.74) is 6.06. The van der Waals surface area contributed by atoms with Gasteiger partial charge in [0.1, 0.15) is 24.6 Å². The Morgan fingerprint density at radius 3 is 2.76 bits per heavy atom. The van der Waals surface area contributed by atoms with E-state index in [2.05, 4.69) is 41.5 Å². The highest BCUT2D eigenvalue weighted by molar-refractivity contribution is 6.12. The first kappa shape index (κ1) is 14.1. The van der Waals surface area contributed by atoms with E-state index >= 15 is 0 Å². The molecule has 5 rings (SSSR count). The molecule has 2 aromatic heterocycles. The van der Waals surface area contributed by atoms with Gasteiger partial charge in [-0.2, -0.15) is 0 Å². The van der Waals surface area contributed by atoms with E-state index in [4.69, 9.17) is 10.1 Å². The number of hydrogen-bond donors (Lipinski definition) is 0. The molecule has 1 unspecified atom stereocenters. The van der Waals surface area contributed by atoms with E-state index in [0.29, 0.717) is 4.59 Å². The molecular formula is C20H16N5+. The number of benzene rings is 1. The Labute approximate surface area is 145 Å². The molecule has 2 aliphatic rings. The van der Waals surface area contributed by atoms with Crippen molar-refractivity contribution in [2.45, 2.75) is 0 Å². The molecular weight excluding hydrogens is 310 g/mol. The summed E-state index contributed by atoms with van der Waals surface area (Å²) in [5, 5.41) is 4.83. The standard InChI is InChI=1S/C20H16N5/c1-25-10-8-21-13-17(25)12-18(23-25)16-7-9-24-14-19(22-20(24)11-16)15-5-3-2-4-6-15/h2-14H,1H3/q+1. The van der Waals surface area contributed by atoms with Crippen LogP contribution >= 0.6 is 0 Å². The average Bonchev–Trinajstić information content (AvgIpc) is 3.22. The van der Waals surface area contributed by atoms with Crippen LogP contribution in [0.3, 0.4) is 0 Å². The Morgan fingerprint density at radius 1 is 1.04 bits per heavy atom. The molecule has 5 heteroatoms. The molecule has 0 saturated heterocycles. The van der Waals surface area contributed by atoms with Crippen LogP contribution in [0.5, 0.6) is 0 Å². The van der Waals surface area contributed by atoms with Crippen LogP contribution in [0, 0.1) is 0 Å². The van der Waals surface area contributed by atoms with E-state index in [0.717, 1.165) is 33.9 Å². The molecule has 0 fully saturated rings. The Morgan fingerprint density at radius 2 is 1.92 bits per heavy atom. The number of fused-ring (bicyclic) bond motifs is 2.